The van der Waals surface area contributed by atoms with E-state index in [9.17, 15) is 14.0 Å². The molecule has 5 heteroatoms. The van der Waals surface area contributed by atoms with Gasteiger partial charge in [-0.25, -0.2) is 4.39 Å². The maximum atomic E-state index is 13.0. The molecule has 90 valence electrons. The van der Waals surface area contributed by atoms with Crippen molar-refractivity contribution in [3.8, 4) is 0 Å². The first-order valence-electron chi connectivity index (χ1n) is 5.35. The lowest BCUT2D eigenvalue weighted by Gasteiger charge is -2.05. The number of carbonyl (C=O) groups excluding carboxylic acids is 2. The number of halogens is 1. The van der Waals surface area contributed by atoms with E-state index in [0.29, 0.717) is 11.3 Å². The van der Waals surface area contributed by atoms with E-state index in [1.54, 1.807) is 6.07 Å². The summed E-state index contributed by atoms with van der Waals surface area (Å²) in [7, 11) is 0. The number of amides is 1. The number of carbonyl (C=O) groups is 2. The van der Waals surface area contributed by atoms with Crippen molar-refractivity contribution in [3.63, 3.8) is 0 Å². The van der Waals surface area contributed by atoms with Crippen molar-refractivity contribution in [3.05, 3.63) is 53.7 Å². The highest BCUT2D eigenvalue weighted by molar-refractivity contribution is 6.20. The van der Waals surface area contributed by atoms with E-state index in [1.165, 1.54) is 30.5 Å². The molecule has 1 amide bonds. The van der Waals surface area contributed by atoms with E-state index in [4.69, 9.17) is 4.42 Å². The lowest BCUT2D eigenvalue weighted by atomic mass is 9.95. The minimum absolute atomic E-state index is 0.118. The first kappa shape index (κ1) is 10.7. The van der Waals surface area contributed by atoms with Crippen molar-refractivity contribution < 1.29 is 18.4 Å². The van der Waals surface area contributed by atoms with E-state index in [-0.39, 0.29) is 5.76 Å². The summed E-state index contributed by atoms with van der Waals surface area (Å²) in [5, 5.41) is 2.49. The molecule has 0 bridgehead atoms. The molecule has 0 aliphatic carbocycles. The van der Waals surface area contributed by atoms with Crippen molar-refractivity contribution in [1.82, 2.24) is 0 Å². The number of anilines is 1. The Hall–Kier alpha value is -2.43. The Kier molecular flexibility index (Phi) is 2.26. The van der Waals surface area contributed by atoms with Crippen LogP contribution in [0.4, 0.5) is 10.1 Å². The standard InChI is InChI=1S/C13H8FNO3/c14-7-3-4-8-9(6-7)15-13(17)11(8)12(16)10-2-1-5-18-10/h1-6,11H,(H,15,17). The van der Waals surface area contributed by atoms with Gasteiger partial charge in [-0.15, -0.1) is 0 Å². The lowest BCUT2D eigenvalue weighted by Crippen LogP contribution is -2.20. The summed E-state index contributed by atoms with van der Waals surface area (Å²) in [5.74, 6) is -2.20. The van der Waals surface area contributed by atoms with E-state index < -0.39 is 23.4 Å². The van der Waals surface area contributed by atoms with E-state index in [1.807, 2.05) is 0 Å². The molecule has 2 aromatic rings. The van der Waals surface area contributed by atoms with Crippen molar-refractivity contribution in [1.29, 1.82) is 0 Å². The molecule has 1 aromatic carbocycles. The smallest absolute Gasteiger partial charge is 0.240 e. The van der Waals surface area contributed by atoms with Crippen LogP contribution in [-0.2, 0) is 4.79 Å². The number of rotatable bonds is 2. The van der Waals surface area contributed by atoms with Crippen LogP contribution in [-0.4, -0.2) is 11.7 Å². The third-order valence-corrected chi connectivity index (χ3v) is 2.87. The molecule has 2 heterocycles. The summed E-state index contributed by atoms with van der Waals surface area (Å²) in [6.07, 6.45) is 1.37. The Bertz CT molecular complexity index is 634. The first-order chi connectivity index (χ1) is 8.66. The topological polar surface area (TPSA) is 59.3 Å². The van der Waals surface area contributed by atoms with Gasteiger partial charge in [0.2, 0.25) is 11.7 Å². The Labute approximate surface area is 101 Å². The van der Waals surface area contributed by atoms with E-state index in [2.05, 4.69) is 5.32 Å². The fourth-order valence-electron chi connectivity index (χ4n) is 2.06. The Balaban J connectivity index is 2.04. The summed E-state index contributed by atoms with van der Waals surface area (Å²) in [4.78, 5) is 23.9. The van der Waals surface area contributed by atoms with Gasteiger partial charge in [0.15, 0.2) is 5.76 Å². The summed E-state index contributed by atoms with van der Waals surface area (Å²) in [6.45, 7) is 0. The Morgan fingerprint density at radius 2 is 2.17 bits per heavy atom. The van der Waals surface area contributed by atoms with E-state index >= 15 is 0 Å². The molecular weight excluding hydrogens is 237 g/mol. The normalized spacial score (nSPS) is 17.4. The van der Waals surface area contributed by atoms with Crippen LogP contribution in [0.1, 0.15) is 22.0 Å². The zero-order valence-corrected chi connectivity index (χ0v) is 9.14. The number of hydrogen-bond donors (Lipinski definition) is 1. The summed E-state index contributed by atoms with van der Waals surface area (Å²) >= 11 is 0. The average Bonchev–Trinajstić information content (AvgIpc) is 2.94. The minimum atomic E-state index is -0.966. The minimum Gasteiger partial charge on any atom is -0.461 e. The van der Waals surface area contributed by atoms with Gasteiger partial charge in [0.25, 0.3) is 0 Å². The summed E-state index contributed by atoms with van der Waals surface area (Å²) in [5.41, 5.74) is 0.813. The predicted octanol–water partition coefficient (Wildman–Crippen LogP) is 2.34. The van der Waals surface area contributed by atoms with Crippen LogP contribution in [0.15, 0.2) is 41.0 Å². The molecule has 1 atom stereocenters. The molecule has 1 aliphatic heterocycles. The van der Waals surface area contributed by atoms with Crippen molar-refractivity contribution in [2.45, 2.75) is 5.92 Å². The number of ketones is 1. The fraction of sp³-hybridized carbons (Fsp3) is 0.0769. The second-order valence-electron chi connectivity index (χ2n) is 4.00. The zero-order chi connectivity index (χ0) is 12.7. The lowest BCUT2D eigenvalue weighted by molar-refractivity contribution is -0.116. The van der Waals surface area contributed by atoms with Gasteiger partial charge in [0.1, 0.15) is 11.7 Å². The maximum absolute atomic E-state index is 13.0. The van der Waals surface area contributed by atoms with Gasteiger partial charge < -0.3 is 9.73 Å². The number of furan rings is 1. The third kappa shape index (κ3) is 1.52. The number of benzene rings is 1. The van der Waals surface area contributed by atoms with Crippen LogP contribution in [0.5, 0.6) is 0 Å². The van der Waals surface area contributed by atoms with Gasteiger partial charge in [-0.05, 0) is 29.8 Å². The number of nitrogens with one attached hydrogen (secondary N) is 1. The van der Waals surface area contributed by atoms with Gasteiger partial charge >= 0.3 is 0 Å². The molecule has 0 saturated carbocycles. The molecule has 0 fully saturated rings. The molecule has 1 unspecified atom stereocenters. The Morgan fingerprint density at radius 1 is 1.33 bits per heavy atom. The summed E-state index contributed by atoms with van der Waals surface area (Å²) < 4.78 is 18.0. The van der Waals surface area contributed by atoms with Crippen LogP contribution in [0.25, 0.3) is 0 Å². The molecule has 18 heavy (non-hydrogen) atoms. The molecule has 0 radical (unpaired) electrons. The average molecular weight is 245 g/mol. The molecular formula is C13H8FNO3. The zero-order valence-electron chi connectivity index (χ0n) is 9.14. The SMILES string of the molecule is O=C1Nc2cc(F)ccc2C1C(=O)c1ccco1. The highest BCUT2D eigenvalue weighted by atomic mass is 19.1. The molecule has 3 rings (SSSR count). The molecule has 0 spiro atoms. The highest BCUT2D eigenvalue weighted by Gasteiger charge is 2.38. The molecule has 1 aromatic heterocycles. The first-order valence-corrected chi connectivity index (χ1v) is 5.35. The number of fused-ring (bicyclic) bond motifs is 1. The molecule has 4 nitrogen and oxygen atoms in total. The van der Waals surface area contributed by atoms with Crippen LogP contribution in [0.3, 0.4) is 0 Å². The van der Waals surface area contributed by atoms with Crippen molar-refractivity contribution in [2.75, 3.05) is 5.32 Å². The molecule has 1 N–H and O–H groups in total. The van der Waals surface area contributed by atoms with Crippen LogP contribution < -0.4 is 5.32 Å². The highest BCUT2D eigenvalue weighted by Crippen LogP contribution is 2.35. The second kappa shape index (κ2) is 3.80. The Morgan fingerprint density at radius 3 is 2.89 bits per heavy atom. The van der Waals surface area contributed by atoms with Gasteiger partial charge in [0, 0.05) is 5.69 Å². The van der Waals surface area contributed by atoms with Crippen LogP contribution in [0.2, 0.25) is 0 Å². The molecule has 0 saturated heterocycles. The van der Waals surface area contributed by atoms with Gasteiger partial charge in [-0.2, -0.15) is 0 Å². The summed E-state index contributed by atoms with van der Waals surface area (Å²) in [6, 6.07) is 6.93. The monoisotopic (exact) mass is 245 g/mol. The van der Waals surface area contributed by atoms with Crippen LogP contribution >= 0.6 is 0 Å². The fourth-order valence-corrected chi connectivity index (χ4v) is 2.06. The number of Topliss-reactive ketones (excluding diaryl/α,β-unsaturated/α-hetero) is 1. The van der Waals surface area contributed by atoms with Gasteiger partial charge in [-0.3, -0.25) is 9.59 Å². The van der Waals surface area contributed by atoms with E-state index in [0.717, 1.165) is 0 Å². The van der Waals surface area contributed by atoms with Gasteiger partial charge in [0.05, 0.1) is 6.26 Å². The third-order valence-electron chi connectivity index (χ3n) is 2.87. The van der Waals surface area contributed by atoms with Gasteiger partial charge in [-0.1, -0.05) is 6.07 Å². The second-order valence-corrected chi connectivity index (χ2v) is 4.00. The number of hydrogen-bond acceptors (Lipinski definition) is 3. The van der Waals surface area contributed by atoms with Crippen LogP contribution in [0, 0.1) is 5.82 Å². The van der Waals surface area contributed by atoms with Crippen molar-refractivity contribution >= 4 is 17.4 Å². The molecule has 1 aliphatic rings. The maximum Gasteiger partial charge on any atom is 0.240 e. The quantitative estimate of drug-likeness (QED) is 0.652. The van der Waals surface area contributed by atoms with Crippen molar-refractivity contribution in [2.24, 2.45) is 0 Å². The predicted molar refractivity (Wildman–Crippen MR) is 60.8 cm³/mol. The largest absolute Gasteiger partial charge is 0.461 e.